The zero-order chi connectivity index (χ0) is 13.7. The van der Waals surface area contributed by atoms with Crippen molar-refractivity contribution in [3.05, 3.63) is 23.5 Å². The minimum atomic E-state index is -0.905. The smallest absolute Gasteiger partial charge is 0.337 e. The molecule has 0 radical (unpaired) electrons. The van der Waals surface area contributed by atoms with Gasteiger partial charge in [0.05, 0.1) is 31.1 Å². The summed E-state index contributed by atoms with van der Waals surface area (Å²) >= 11 is 0. The second-order valence-corrected chi connectivity index (χ2v) is 4.56. The Morgan fingerprint density at radius 1 is 1.42 bits per heavy atom. The molecular formula is C13H20N2O4. The van der Waals surface area contributed by atoms with Crippen molar-refractivity contribution in [1.82, 2.24) is 9.47 Å². The number of aromatic nitrogens is 1. The van der Waals surface area contributed by atoms with E-state index in [-0.39, 0.29) is 0 Å². The van der Waals surface area contributed by atoms with Gasteiger partial charge < -0.3 is 19.1 Å². The molecule has 0 spiro atoms. The van der Waals surface area contributed by atoms with Crippen molar-refractivity contribution in [2.75, 3.05) is 40.0 Å². The van der Waals surface area contributed by atoms with E-state index in [9.17, 15) is 4.79 Å². The molecule has 2 heterocycles. The van der Waals surface area contributed by atoms with Crippen LogP contribution in [0.1, 0.15) is 16.1 Å². The summed E-state index contributed by atoms with van der Waals surface area (Å²) in [5.41, 5.74) is 1.05. The quantitative estimate of drug-likeness (QED) is 0.821. The minimum Gasteiger partial charge on any atom is -0.478 e. The maximum absolute atomic E-state index is 11.1. The molecule has 0 atom stereocenters. The van der Waals surface area contributed by atoms with Crippen molar-refractivity contribution in [1.29, 1.82) is 0 Å². The number of nitrogens with zero attached hydrogens (tertiary/aromatic N) is 2. The first-order valence-corrected chi connectivity index (χ1v) is 6.42. The number of hydrogen-bond acceptors (Lipinski definition) is 4. The second-order valence-electron chi connectivity index (χ2n) is 4.56. The molecule has 0 unspecified atom stereocenters. The van der Waals surface area contributed by atoms with Gasteiger partial charge in [0.25, 0.3) is 0 Å². The Kier molecular flexibility index (Phi) is 4.95. The van der Waals surface area contributed by atoms with E-state index in [1.807, 2.05) is 10.8 Å². The summed E-state index contributed by atoms with van der Waals surface area (Å²) in [5, 5.41) is 9.13. The van der Waals surface area contributed by atoms with E-state index in [0.717, 1.165) is 45.1 Å². The number of aromatic carboxylic acids is 1. The second kappa shape index (κ2) is 6.70. The van der Waals surface area contributed by atoms with Gasteiger partial charge in [-0.1, -0.05) is 0 Å². The van der Waals surface area contributed by atoms with Crippen LogP contribution in [0.5, 0.6) is 0 Å². The fraction of sp³-hybridized carbons (Fsp3) is 0.615. The van der Waals surface area contributed by atoms with Crippen LogP contribution < -0.4 is 0 Å². The number of carboxylic acids is 1. The third-order valence-corrected chi connectivity index (χ3v) is 3.35. The van der Waals surface area contributed by atoms with Crippen molar-refractivity contribution in [2.45, 2.75) is 13.2 Å². The molecule has 0 amide bonds. The highest BCUT2D eigenvalue weighted by molar-refractivity contribution is 5.89. The monoisotopic (exact) mass is 268 g/mol. The van der Waals surface area contributed by atoms with Gasteiger partial charge in [0.2, 0.25) is 0 Å². The summed E-state index contributed by atoms with van der Waals surface area (Å²) in [4.78, 5) is 13.4. The van der Waals surface area contributed by atoms with Crippen molar-refractivity contribution >= 4 is 5.97 Å². The maximum Gasteiger partial charge on any atom is 0.337 e. The number of hydrogen-bond donors (Lipinski definition) is 1. The number of carbonyl (C=O) groups is 1. The third-order valence-electron chi connectivity index (χ3n) is 3.35. The maximum atomic E-state index is 11.1. The average molecular weight is 268 g/mol. The van der Waals surface area contributed by atoms with E-state index in [1.54, 1.807) is 13.2 Å². The van der Waals surface area contributed by atoms with Gasteiger partial charge >= 0.3 is 5.97 Å². The molecule has 106 valence electrons. The van der Waals surface area contributed by atoms with Gasteiger partial charge in [0, 0.05) is 39.5 Å². The van der Waals surface area contributed by atoms with Crippen LogP contribution in [-0.2, 0) is 22.6 Å². The molecule has 2 rings (SSSR count). The molecule has 1 aliphatic rings. The lowest BCUT2D eigenvalue weighted by molar-refractivity contribution is 0.0361. The summed E-state index contributed by atoms with van der Waals surface area (Å²) in [5.74, 6) is -0.905. The number of carboxylic acid groups (broad SMARTS) is 1. The fourth-order valence-electron chi connectivity index (χ4n) is 2.28. The molecular weight excluding hydrogens is 248 g/mol. The van der Waals surface area contributed by atoms with Crippen LogP contribution in [0.2, 0.25) is 0 Å². The molecule has 6 heteroatoms. The Labute approximate surface area is 112 Å². The van der Waals surface area contributed by atoms with Crippen LogP contribution in [0, 0.1) is 0 Å². The highest BCUT2D eigenvalue weighted by Gasteiger charge is 2.16. The molecule has 1 N–H and O–H groups in total. The molecule has 6 nitrogen and oxygen atoms in total. The lowest BCUT2D eigenvalue weighted by Crippen LogP contribution is -2.38. The van der Waals surface area contributed by atoms with E-state index in [0.29, 0.717) is 12.2 Å². The first kappa shape index (κ1) is 14.0. The number of ether oxygens (including phenoxy) is 2. The first-order chi connectivity index (χ1) is 9.22. The van der Waals surface area contributed by atoms with Crippen LogP contribution in [0.25, 0.3) is 0 Å². The molecule has 0 aromatic carbocycles. The summed E-state index contributed by atoms with van der Waals surface area (Å²) in [6.07, 6.45) is 1.82. The molecule has 1 aliphatic heterocycles. The topological polar surface area (TPSA) is 63.9 Å². The number of rotatable bonds is 6. The van der Waals surface area contributed by atoms with Gasteiger partial charge in [-0.2, -0.15) is 0 Å². The summed E-state index contributed by atoms with van der Waals surface area (Å²) in [6.45, 7) is 5.41. The van der Waals surface area contributed by atoms with Crippen LogP contribution in [-0.4, -0.2) is 60.5 Å². The van der Waals surface area contributed by atoms with Crippen molar-refractivity contribution in [3.63, 3.8) is 0 Å². The highest BCUT2D eigenvalue weighted by atomic mass is 16.5. The van der Waals surface area contributed by atoms with E-state index in [1.165, 1.54) is 0 Å². The number of methoxy groups -OCH3 is 1. The Hall–Kier alpha value is -1.37. The average Bonchev–Trinajstić information content (AvgIpc) is 2.81. The van der Waals surface area contributed by atoms with Crippen LogP contribution >= 0.6 is 0 Å². The van der Waals surface area contributed by atoms with Gasteiger partial charge in [0.1, 0.15) is 0 Å². The van der Waals surface area contributed by atoms with E-state index in [4.69, 9.17) is 14.6 Å². The van der Waals surface area contributed by atoms with Gasteiger partial charge in [-0.25, -0.2) is 4.79 Å². The zero-order valence-electron chi connectivity index (χ0n) is 11.2. The summed E-state index contributed by atoms with van der Waals surface area (Å²) < 4.78 is 12.4. The minimum absolute atomic E-state index is 0.317. The SMILES string of the molecule is COCc1c(C(=O)O)ccn1CCN1CCOCC1. The highest BCUT2D eigenvalue weighted by Crippen LogP contribution is 2.13. The Morgan fingerprint density at radius 2 is 2.16 bits per heavy atom. The first-order valence-electron chi connectivity index (χ1n) is 6.42. The third kappa shape index (κ3) is 3.56. The van der Waals surface area contributed by atoms with E-state index in [2.05, 4.69) is 4.90 Å². The molecule has 0 saturated carbocycles. The van der Waals surface area contributed by atoms with Crippen molar-refractivity contribution in [2.24, 2.45) is 0 Å². The molecule has 1 aromatic heterocycles. The lowest BCUT2D eigenvalue weighted by atomic mass is 10.2. The van der Waals surface area contributed by atoms with E-state index < -0.39 is 5.97 Å². The van der Waals surface area contributed by atoms with Gasteiger partial charge in [-0.15, -0.1) is 0 Å². The van der Waals surface area contributed by atoms with Gasteiger partial charge in [0.15, 0.2) is 0 Å². The Bertz CT molecular complexity index is 424. The molecule has 0 aliphatic carbocycles. The van der Waals surface area contributed by atoms with Crippen molar-refractivity contribution < 1.29 is 19.4 Å². The van der Waals surface area contributed by atoms with Crippen LogP contribution in [0.4, 0.5) is 0 Å². The van der Waals surface area contributed by atoms with Crippen molar-refractivity contribution in [3.8, 4) is 0 Å². The lowest BCUT2D eigenvalue weighted by Gasteiger charge is -2.27. The summed E-state index contributed by atoms with van der Waals surface area (Å²) in [7, 11) is 1.57. The normalized spacial score (nSPS) is 16.7. The Morgan fingerprint density at radius 3 is 2.79 bits per heavy atom. The summed E-state index contributed by atoms with van der Waals surface area (Å²) in [6, 6.07) is 1.63. The predicted molar refractivity (Wildman–Crippen MR) is 69.4 cm³/mol. The molecule has 1 saturated heterocycles. The number of morpholine rings is 1. The van der Waals surface area contributed by atoms with Gasteiger partial charge in [-0.3, -0.25) is 4.90 Å². The molecule has 19 heavy (non-hydrogen) atoms. The standard InChI is InChI=1S/C13H20N2O4/c1-18-10-12-11(13(16)17)2-3-15(12)5-4-14-6-8-19-9-7-14/h2-3H,4-10H2,1H3,(H,16,17). The Balaban J connectivity index is 2.00. The largest absolute Gasteiger partial charge is 0.478 e. The molecule has 1 aromatic rings. The zero-order valence-corrected chi connectivity index (χ0v) is 11.2. The molecule has 0 bridgehead atoms. The predicted octanol–water partition coefficient (Wildman–Crippen LogP) is 0.665. The van der Waals surface area contributed by atoms with Crippen LogP contribution in [0.3, 0.4) is 0 Å². The van der Waals surface area contributed by atoms with Crippen LogP contribution in [0.15, 0.2) is 12.3 Å². The molecule has 1 fully saturated rings. The van der Waals surface area contributed by atoms with Gasteiger partial charge in [-0.05, 0) is 6.07 Å². The fourth-order valence-corrected chi connectivity index (χ4v) is 2.28. The van der Waals surface area contributed by atoms with E-state index >= 15 is 0 Å².